The Morgan fingerprint density at radius 3 is 2.72 bits per heavy atom. The molecule has 6 nitrogen and oxygen atoms in total. The Balaban J connectivity index is 1.94. The highest BCUT2D eigenvalue weighted by Gasteiger charge is 2.10. The maximum Gasteiger partial charge on any atom is 0.182 e. The molecule has 90 valence electrons. The van der Waals surface area contributed by atoms with E-state index in [1.54, 1.807) is 10.9 Å². The average molecular weight is 241 g/mol. The third-order valence-corrected chi connectivity index (χ3v) is 2.59. The Morgan fingerprint density at radius 1 is 1.17 bits per heavy atom. The molecule has 2 N–H and O–H groups in total. The number of nitrogens with two attached hydrogens (primary N) is 1. The van der Waals surface area contributed by atoms with Crippen LogP contribution in [0.25, 0.3) is 11.4 Å². The van der Waals surface area contributed by atoms with E-state index in [2.05, 4.69) is 15.5 Å². The second-order valence-corrected chi connectivity index (χ2v) is 3.86. The van der Waals surface area contributed by atoms with Crippen LogP contribution in [-0.4, -0.2) is 20.2 Å². The highest BCUT2D eigenvalue weighted by Crippen LogP contribution is 2.18. The number of nitrogen functional groups attached to an aromatic ring is 1. The Hall–Kier alpha value is -2.63. The van der Waals surface area contributed by atoms with Crippen LogP contribution in [0.4, 0.5) is 5.69 Å². The molecule has 0 bridgehead atoms. The molecule has 0 fully saturated rings. The molecule has 3 rings (SSSR count). The van der Waals surface area contributed by atoms with E-state index in [-0.39, 0.29) is 0 Å². The van der Waals surface area contributed by atoms with Gasteiger partial charge in [0.2, 0.25) is 0 Å². The monoisotopic (exact) mass is 241 g/mol. The minimum absolute atomic E-state index is 0.500. The van der Waals surface area contributed by atoms with Crippen LogP contribution >= 0.6 is 0 Å². The van der Waals surface area contributed by atoms with Crippen LogP contribution in [0.15, 0.2) is 47.1 Å². The van der Waals surface area contributed by atoms with Crippen molar-refractivity contribution in [2.75, 3.05) is 5.73 Å². The first-order chi connectivity index (χ1) is 8.83. The van der Waals surface area contributed by atoms with Crippen molar-refractivity contribution in [2.24, 2.45) is 0 Å². The molecule has 3 aromatic rings. The van der Waals surface area contributed by atoms with E-state index in [0.717, 1.165) is 11.3 Å². The summed E-state index contributed by atoms with van der Waals surface area (Å²) in [5, 5.41) is 11.7. The normalized spacial score (nSPS) is 10.7. The predicted molar refractivity (Wildman–Crippen MR) is 65.5 cm³/mol. The van der Waals surface area contributed by atoms with Crippen LogP contribution in [0.2, 0.25) is 0 Å². The van der Waals surface area contributed by atoms with Crippen molar-refractivity contribution in [3.05, 3.63) is 48.4 Å². The van der Waals surface area contributed by atoms with Crippen LogP contribution in [0.5, 0.6) is 0 Å². The summed E-state index contributed by atoms with van der Waals surface area (Å²) in [5.41, 5.74) is 7.28. The van der Waals surface area contributed by atoms with E-state index in [1.807, 2.05) is 36.4 Å². The van der Waals surface area contributed by atoms with Crippen LogP contribution < -0.4 is 5.73 Å². The van der Waals surface area contributed by atoms with E-state index >= 15 is 0 Å². The highest BCUT2D eigenvalue weighted by atomic mass is 16.3. The molecule has 0 radical (unpaired) electrons. The number of hydrogen-bond acceptors (Lipinski definition) is 5. The third kappa shape index (κ3) is 1.95. The van der Waals surface area contributed by atoms with Gasteiger partial charge in [-0.3, -0.25) is 0 Å². The van der Waals surface area contributed by atoms with Crippen molar-refractivity contribution in [3.63, 3.8) is 0 Å². The molecule has 0 aliphatic heterocycles. The minimum Gasteiger partial charge on any atom is -0.467 e. The molecule has 18 heavy (non-hydrogen) atoms. The molecule has 0 amide bonds. The number of hydrogen-bond donors (Lipinski definition) is 1. The van der Waals surface area contributed by atoms with Gasteiger partial charge in [-0.15, -0.1) is 5.10 Å². The number of anilines is 1. The van der Waals surface area contributed by atoms with Crippen LogP contribution in [0.1, 0.15) is 5.76 Å². The predicted octanol–water partition coefficient (Wildman–Crippen LogP) is 1.56. The maximum absolute atomic E-state index is 5.65. The third-order valence-electron chi connectivity index (χ3n) is 2.59. The van der Waals surface area contributed by atoms with E-state index in [1.165, 1.54) is 0 Å². The Labute approximate surface area is 103 Å². The van der Waals surface area contributed by atoms with Crippen molar-refractivity contribution in [1.29, 1.82) is 0 Å². The van der Waals surface area contributed by atoms with Gasteiger partial charge in [-0.25, -0.2) is 4.68 Å². The zero-order chi connectivity index (χ0) is 12.4. The van der Waals surface area contributed by atoms with Crippen molar-refractivity contribution >= 4 is 5.69 Å². The molecule has 0 atom stereocenters. The number of rotatable bonds is 3. The molecular formula is C12H11N5O. The van der Waals surface area contributed by atoms with E-state index in [0.29, 0.717) is 18.1 Å². The first-order valence-electron chi connectivity index (χ1n) is 5.47. The molecule has 1 aromatic carbocycles. The number of nitrogens with zero attached hydrogens (tertiary/aromatic N) is 4. The van der Waals surface area contributed by atoms with Gasteiger partial charge in [-0.2, -0.15) is 0 Å². The smallest absolute Gasteiger partial charge is 0.182 e. The maximum atomic E-state index is 5.65. The SMILES string of the molecule is Nc1ccc(-c2nnnn2Cc2ccco2)cc1. The zero-order valence-electron chi connectivity index (χ0n) is 9.52. The summed E-state index contributed by atoms with van der Waals surface area (Å²) < 4.78 is 6.97. The van der Waals surface area contributed by atoms with Crippen molar-refractivity contribution in [2.45, 2.75) is 6.54 Å². The largest absolute Gasteiger partial charge is 0.467 e. The molecule has 0 saturated heterocycles. The van der Waals surface area contributed by atoms with E-state index in [4.69, 9.17) is 10.2 Å². The van der Waals surface area contributed by atoms with Crippen LogP contribution in [0, 0.1) is 0 Å². The van der Waals surface area contributed by atoms with Gasteiger partial charge in [0.1, 0.15) is 12.3 Å². The summed E-state index contributed by atoms with van der Waals surface area (Å²) in [4.78, 5) is 0. The standard InChI is InChI=1S/C12H11N5O/c13-10-5-3-9(4-6-10)12-14-15-16-17(12)8-11-2-1-7-18-11/h1-7H,8,13H2. The van der Waals surface area contributed by atoms with E-state index < -0.39 is 0 Å². The molecule has 0 unspecified atom stereocenters. The van der Waals surface area contributed by atoms with Crippen LogP contribution in [0.3, 0.4) is 0 Å². The quantitative estimate of drug-likeness (QED) is 0.703. The molecule has 0 saturated carbocycles. The Bertz CT molecular complexity index is 627. The van der Waals surface area contributed by atoms with Gasteiger partial charge < -0.3 is 10.2 Å². The van der Waals surface area contributed by atoms with Gasteiger partial charge in [0.25, 0.3) is 0 Å². The molecule has 0 aliphatic rings. The van der Waals surface area contributed by atoms with Gasteiger partial charge in [-0.1, -0.05) is 0 Å². The summed E-state index contributed by atoms with van der Waals surface area (Å²) >= 11 is 0. The number of furan rings is 1. The number of benzene rings is 1. The minimum atomic E-state index is 0.500. The van der Waals surface area contributed by atoms with Crippen molar-refractivity contribution in [1.82, 2.24) is 20.2 Å². The molecule has 6 heteroatoms. The van der Waals surface area contributed by atoms with Crippen molar-refractivity contribution < 1.29 is 4.42 Å². The Kier molecular flexibility index (Phi) is 2.53. The second kappa shape index (κ2) is 4.33. The first kappa shape index (κ1) is 10.5. The van der Waals surface area contributed by atoms with E-state index in [9.17, 15) is 0 Å². The summed E-state index contributed by atoms with van der Waals surface area (Å²) in [7, 11) is 0. The van der Waals surface area contributed by atoms with Gasteiger partial charge in [-0.05, 0) is 46.8 Å². The molecule has 0 spiro atoms. The van der Waals surface area contributed by atoms with Crippen LogP contribution in [-0.2, 0) is 6.54 Å². The first-order valence-corrected chi connectivity index (χ1v) is 5.47. The fraction of sp³-hybridized carbons (Fsp3) is 0.0833. The molecule has 2 aromatic heterocycles. The van der Waals surface area contributed by atoms with Gasteiger partial charge in [0.05, 0.1) is 6.26 Å². The zero-order valence-corrected chi connectivity index (χ0v) is 9.52. The summed E-state index contributed by atoms with van der Waals surface area (Å²) in [6.45, 7) is 0.500. The number of aromatic nitrogens is 4. The second-order valence-electron chi connectivity index (χ2n) is 3.86. The van der Waals surface area contributed by atoms with Gasteiger partial charge in [0, 0.05) is 11.3 Å². The topological polar surface area (TPSA) is 82.8 Å². The Morgan fingerprint density at radius 2 is 2.00 bits per heavy atom. The average Bonchev–Trinajstić information content (AvgIpc) is 3.02. The molecule has 0 aliphatic carbocycles. The molecular weight excluding hydrogens is 230 g/mol. The van der Waals surface area contributed by atoms with Gasteiger partial charge >= 0.3 is 0 Å². The number of tetrazole rings is 1. The fourth-order valence-electron chi connectivity index (χ4n) is 1.70. The summed E-state index contributed by atoms with van der Waals surface area (Å²) in [6.07, 6.45) is 1.63. The summed E-state index contributed by atoms with van der Waals surface area (Å²) in [6, 6.07) is 11.1. The highest BCUT2D eigenvalue weighted by molar-refractivity contribution is 5.58. The van der Waals surface area contributed by atoms with Gasteiger partial charge in [0.15, 0.2) is 5.82 Å². The summed E-state index contributed by atoms with van der Waals surface area (Å²) in [5.74, 6) is 1.49. The molecule has 2 heterocycles. The lowest BCUT2D eigenvalue weighted by atomic mass is 10.2. The lowest BCUT2D eigenvalue weighted by molar-refractivity contribution is 0.477. The lowest BCUT2D eigenvalue weighted by Crippen LogP contribution is -2.03. The lowest BCUT2D eigenvalue weighted by Gasteiger charge is -2.03. The van der Waals surface area contributed by atoms with Crippen molar-refractivity contribution in [3.8, 4) is 11.4 Å². The fourth-order valence-corrected chi connectivity index (χ4v) is 1.70.